The van der Waals surface area contributed by atoms with Gasteiger partial charge >= 0.3 is 12.0 Å². The zero-order valence-corrected chi connectivity index (χ0v) is 21.5. The van der Waals surface area contributed by atoms with E-state index in [1.807, 2.05) is 18.2 Å². The van der Waals surface area contributed by atoms with Crippen molar-refractivity contribution in [2.75, 3.05) is 18.5 Å². The summed E-state index contributed by atoms with van der Waals surface area (Å²) in [5, 5.41) is 5.64. The number of para-hydroxylation sites is 2. The molecule has 8 nitrogen and oxygen atoms in total. The molecule has 0 fully saturated rings. The highest BCUT2D eigenvalue weighted by Crippen LogP contribution is 2.17. The Kier molecular flexibility index (Phi) is 15.1. The molecule has 0 aliphatic rings. The first-order valence-corrected chi connectivity index (χ1v) is 13.6. The first kappa shape index (κ1) is 28.5. The number of carbonyl (C=O) groups excluding carboxylic acids is 2. The third kappa shape index (κ3) is 13.6. The molecule has 0 atom stereocenters. The predicted octanol–water partition coefficient (Wildman–Crippen LogP) is 6.44. The molecule has 0 aliphatic carbocycles. The number of aromatic nitrogens is 1. The summed E-state index contributed by atoms with van der Waals surface area (Å²) < 4.78 is 5.46. The number of amides is 3. The van der Waals surface area contributed by atoms with Crippen LogP contribution in [-0.4, -0.2) is 30.0 Å². The lowest BCUT2D eigenvalue weighted by atomic mass is 10.0. The number of carbonyl (C=O) groups is 2. The highest BCUT2D eigenvalue weighted by molar-refractivity contribution is 5.77. The summed E-state index contributed by atoms with van der Waals surface area (Å²) in [5.74, 6) is 0.0927. The molecule has 0 saturated carbocycles. The molecule has 0 bridgehead atoms. The van der Waals surface area contributed by atoms with Crippen molar-refractivity contribution in [3.63, 3.8) is 0 Å². The van der Waals surface area contributed by atoms with E-state index in [4.69, 9.17) is 4.42 Å². The van der Waals surface area contributed by atoms with E-state index in [0.29, 0.717) is 37.0 Å². The Labute approximate surface area is 210 Å². The van der Waals surface area contributed by atoms with Crippen molar-refractivity contribution in [1.29, 1.82) is 0 Å². The van der Waals surface area contributed by atoms with Gasteiger partial charge in [-0.05, 0) is 25.0 Å². The Hall–Kier alpha value is -2.77. The molecule has 35 heavy (non-hydrogen) atoms. The number of nitrogens with one attached hydrogen (secondary N) is 4. The lowest BCUT2D eigenvalue weighted by Crippen LogP contribution is -2.40. The largest absolute Gasteiger partial charge is 0.422 e. The summed E-state index contributed by atoms with van der Waals surface area (Å²) in [6.07, 6.45) is 18.2. The molecule has 8 heteroatoms. The van der Waals surface area contributed by atoms with Gasteiger partial charge in [-0.25, -0.2) is 15.6 Å². The Balaban J connectivity index is 1.33. The molecule has 0 saturated heterocycles. The van der Waals surface area contributed by atoms with Gasteiger partial charge in [0.05, 0.1) is 0 Å². The third-order valence-corrected chi connectivity index (χ3v) is 6.05. The van der Waals surface area contributed by atoms with E-state index in [2.05, 4.69) is 33.4 Å². The maximum Gasteiger partial charge on any atom is 0.333 e. The van der Waals surface area contributed by atoms with Crippen LogP contribution >= 0.6 is 0 Å². The molecule has 0 radical (unpaired) electrons. The number of unbranched alkanes of at least 4 members (excludes halogenated alkanes) is 12. The zero-order valence-electron chi connectivity index (χ0n) is 21.5. The number of oxazole rings is 1. The van der Waals surface area contributed by atoms with Crippen LogP contribution in [-0.2, 0) is 4.79 Å². The van der Waals surface area contributed by atoms with Gasteiger partial charge < -0.3 is 15.1 Å². The quantitative estimate of drug-likeness (QED) is 0.127. The molecule has 2 aromatic rings. The molecular weight excluding hydrogens is 442 g/mol. The second kappa shape index (κ2) is 18.5. The third-order valence-electron chi connectivity index (χ3n) is 6.05. The van der Waals surface area contributed by atoms with Gasteiger partial charge in [0, 0.05) is 19.5 Å². The lowest BCUT2D eigenvalue weighted by Gasteiger charge is -2.08. The molecule has 2 rings (SSSR count). The number of hydrazine groups is 1. The van der Waals surface area contributed by atoms with Crippen LogP contribution in [0.25, 0.3) is 11.1 Å². The SMILES string of the molecule is CCCCCCCCCCCCCCCC(=O)NCCCNC(=O)NNc1nc2ccccc2o1. The van der Waals surface area contributed by atoms with Gasteiger partial charge in [0.25, 0.3) is 0 Å². The number of anilines is 1. The van der Waals surface area contributed by atoms with Gasteiger partial charge in [-0.2, -0.15) is 4.98 Å². The second-order valence-corrected chi connectivity index (χ2v) is 9.19. The summed E-state index contributed by atoms with van der Waals surface area (Å²) in [6, 6.07) is 7.20. The summed E-state index contributed by atoms with van der Waals surface area (Å²) in [6.45, 7) is 3.27. The van der Waals surface area contributed by atoms with Crippen LogP contribution in [0.3, 0.4) is 0 Å². The standard InChI is InChI=1S/C27H45N5O3/c1-2-3-4-5-6-7-8-9-10-11-12-13-14-20-25(33)28-21-17-22-29-26(34)31-32-27-30-23-18-15-16-19-24(23)35-27/h15-16,18-19H,2-14,17,20-22H2,1H3,(H,28,33)(H,30,32)(H2,29,31,34). The minimum absolute atomic E-state index is 0.0927. The molecule has 0 unspecified atom stereocenters. The molecule has 4 N–H and O–H groups in total. The van der Waals surface area contributed by atoms with E-state index in [1.54, 1.807) is 6.07 Å². The van der Waals surface area contributed by atoms with E-state index < -0.39 is 0 Å². The fourth-order valence-corrected chi connectivity index (χ4v) is 3.99. The maximum atomic E-state index is 11.9. The Bertz CT molecular complexity index is 806. The predicted molar refractivity (Wildman–Crippen MR) is 142 cm³/mol. The van der Waals surface area contributed by atoms with Gasteiger partial charge in [-0.3, -0.25) is 4.79 Å². The smallest absolute Gasteiger partial charge is 0.333 e. The summed E-state index contributed by atoms with van der Waals surface area (Å²) in [5.41, 5.74) is 6.49. The zero-order chi connectivity index (χ0) is 25.0. The Morgan fingerprint density at radius 2 is 1.37 bits per heavy atom. The van der Waals surface area contributed by atoms with Crippen LogP contribution in [0.5, 0.6) is 0 Å². The number of nitrogens with zero attached hydrogens (tertiary/aromatic N) is 1. The molecule has 1 heterocycles. The fourth-order valence-electron chi connectivity index (χ4n) is 3.99. The maximum absolute atomic E-state index is 11.9. The average molecular weight is 488 g/mol. The number of hydrogen-bond acceptors (Lipinski definition) is 5. The fraction of sp³-hybridized carbons (Fsp3) is 0.667. The van der Waals surface area contributed by atoms with Gasteiger partial charge in [-0.15, -0.1) is 0 Å². The summed E-state index contributed by atoms with van der Waals surface area (Å²) in [7, 11) is 0. The second-order valence-electron chi connectivity index (χ2n) is 9.19. The van der Waals surface area contributed by atoms with Crippen molar-refractivity contribution in [2.24, 2.45) is 0 Å². The topological polar surface area (TPSA) is 108 Å². The Morgan fingerprint density at radius 3 is 2.03 bits per heavy atom. The molecular formula is C27H45N5O3. The van der Waals surface area contributed by atoms with Crippen LogP contribution in [0.4, 0.5) is 10.8 Å². The number of rotatable bonds is 20. The first-order chi connectivity index (χ1) is 17.2. The number of hydrogen-bond donors (Lipinski definition) is 4. The van der Waals surface area contributed by atoms with Crippen LogP contribution in [0.1, 0.15) is 103 Å². The monoisotopic (exact) mass is 487 g/mol. The highest BCUT2D eigenvalue weighted by Gasteiger charge is 2.06. The average Bonchev–Trinajstić information content (AvgIpc) is 3.28. The van der Waals surface area contributed by atoms with Gasteiger partial charge in [0.15, 0.2) is 5.58 Å². The minimum Gasteiger partial charge on any atom is -0.422 e. The van der Waals surface area contributed by atoms with Crippen molar-refractivity contribution in [3.8, 4) is 0 Å². The van der Waals surface area contributed by atoms with Gasteiger partial charge in [0.2, 0.25) is 5.91 Å². The molecule has 0 aliphatic heterocycles. The van der Waals surface area contributed by atoms with Crippen molar-refractivity contribution in [2.45, 2.75) is 103 Å². The van der Waals surface area contributed by atoms with E-state index in [0.717, 1.165) is 12.8 Å². The van der Waals surface area contributed by atoms with Crippen LogP contribution in [0, 0.1) is 0 Å². The molecule has 196 valence electrons. The minimum atomic E-state index is -0.384. The molecule has 1 aromatic heterocycles. The summed E-state index contributed by atoms with van der Waals surface area (Å²) >= 11 is 0. The number of fused-ring (bicyclic) bond motifs is 1. The molecule has 3 amide bonds. The highest BCUT2D eigenvalue weighted by atomic mass is 16.4. The van der Waals surface area contributed by atoms with Gasteiger partial charge in [-0.1, -0.05) is 96.1 Å². The van der Waals surface area contributed by atoms with Crippen molar-refractivity contribution < 1.29 is 14.0 Å². The van der Waals surface area contributed by atoms with Crippen molar-refractivity contribution in [1.82, 2.24) is 21.0 Å². The van der Waals surface area contributed by atoms with E-state index in [1.165, 1.54) is 70.6 Å². The molecule has 0 spiro atoms. The van der Waals surface area contributed by atoms with Gasteiger partial charge in [0.1, 0.15) is 5.52 Å². The van der Waals surface area contributed by atoms with Crippen molar-refractivity contribution in [3.05, 3.63) is 24.3 Å². The van der Waals surface area contributed by atoms with E-state index in [-0.39, 0.29) is 18.0 Å². The first-order valence-electron chi connectivity index (χ1n) is 13.6. The van der Waals surface area contributed by atoms with Crippen molar-refractivity contribution >= 4 is 29.1 Å². The summed E-state index contributed by atoms with van der Waals surface area (Å²) in [4.78, 5) is 28.0. The lowest BCUT2D eigenvalue weighted by molar-refractivity contribution is -0.121. The number of urea groups is 1. The van der Waals surface area contributed by atoms with Crippen LogP contribution in [0.15, 0.2) is 28.7 Å². The van der Waals surface area contributed by atoms with E-state index >= 15 is 0 Å². The van der Waals surface area contributed by atoms with E-state index in [9.17, 15) is 9.59 Å². The van der Waals surface area contributed by atoms with Crippen LogP contribution < -0.4 is 21.5 Å². The number of benzene rings is 1. The Morgan fingerprint density at radius 1 is 0.771 bits per heavy atom. The molecule has 1 aromatic carbocycles. The normalized spacial score (nSPS) is 10.9. The van der Waals surface area contributed by atoms with Crippen LogP contribution in [0.2, 0.25) is 0 Å².